The van der Waals surface area contributed by atoms with Crippen LogP contribution in [0.2, 0.25) is 0 Å². The molecule has 1 amide bonds. The van der Waals surface area contributed by atoms with E-state index in [4.69, 9.17) is 0 Å². The Morgan fingerprint density at radius 3 is 2.45 bits per heavy atom. The molecule has 1 aliphatic carbocycles. The molecule has 3 heteroatoms. The van der Waals surface area contributed by atoms with Gasteiger partial charge >= 0.3 is 0 Å². The zero-order valence-electron chi connectivity index (χ0n) is 13.1. The van der Waals surface area contributed by atoms with Crippen molar-refractivity contribution in [2.75, 3.05) is 20.6 Å². The lowest BCUT2D eigenvalue weighted by molar-refractivity contribution is -0.137. The van der Waals surface area contributed by atoms with Crippen LogP contribution >= 0.6 is 0 Å². The Hall–Kier alpha value is -1.35. The molecule has 0 aliphatic heterocycles. The minimum atomic E-state index is -0.164. The number of carbonyl (C=O) groups is 1. The van der Waals surface area contributed by atoms with E-state index in [9.17, 15) is 4.79 Å². The quantitative estimate of drug-likeness (QED) is 0.796. The fourth-order valence-corrected chi connectivity index (χ4v) is 2.78. The van der Waals surface area contributed by atoms with E-state index in [1.165, 1.54) is 18.4 Å². The van der Waals surface area contributed by atoms with Crippen LogP contribution in [-0.2, 0) is 4.79 Å². The third-order valence-electron chi connectivity index (χ3n) is 3.97. The summed E-state index contributed by atoms with van der Waals surface area (Å²) in [5.41, 5.74) is 2.32. The Kier molecular flexibility index (Phi) is 4.81. The van der Waals surface area contributed by atoms with Gasteiger partial charge in [-0.05, 0) is 51.4 Å². The molecule has 0 heterocycles. The standard InChI is InChI=1S/C17H26N2O/c1-5-12-19(14-10-11-14)17(20)16(18(3)4)15-9-7-6-8-13(15)2/h6-9,14,16H,5,10-12H2,1-4H3/t16-/m0/s1. The zero-order valence-corrected chi connectivity index (χ0v) is 13.1. The molecule has 2 rings (SSSR count). The molecule has 0 spiro atoms. The first-order valence-corrected chi connectivity index (χ1v) is 7.58. The number of benzene rings is 1. The van der Waals surface area contributed by atoms with Crippen LogP contribution in [0, 0.1) is 6.92 Å². The minimum absolute atomic E-state index is 0.164. The van der Waals surface area contributed by atoms with Crippen LogP contribution in [0.15, 0.2) is 24.3 Å². The summed E-state index contributed by atoms with van der Waals surface area (Å²) in [6.45, 7) is 5.10. The van der Waals surface area contributed by atoms with Gasteiger partial charge in [-0.15, -0.1) is 0 Å². The Morgan fingerprint density at radius 1 is 1.30 bits per heavy atom. The van der Waals surface area contributed by atoms with E-state index in [0.717, 1.165) is 18.5 Å². The summed E-state index contributed by atoms with van der Waals surface area (Å²) in [7, 11) is 3.98. The summed E-state index contributed by atoms with van der Waals surface area (Å²) in [6, 6.07) is 8.53. The summed E-state index contributed by atoms with van der Waals surface area (Å²) in [5.74, 6) is 0.258. The highest BCUT2D eigenvalue weighted by Gasteiger charge is 2.36. The number of rotatable bonds is 6. The predicted octanol–water partition coefficient (Wildman–Crippen LogP) is 3.00. The predicted molar refractivity (Wildman–Crippen MR) is 82.6 cm³/mol. The second kappa shape index (κ2) is 6.40. The van der Waals surface area contributed by atoms with Crippen LogP contribution in [0.25, 0.3) is 0 Å². The molecule has 0 saturated heterocycles. The van der Waals surface area contributed by atoms with E-state index in [-0.39, 0.29) is 11.9 Å². The topological polar surface area (TPSA) is 23.6 Å². The number of likely N-dealkylation sites (N-methyl/N-ethyl adjacent to an activating group) is 1. The summed E-state index contributed by atoms with van der Waals surface area (Å²) in [6.07, 6.45) is 3.36. The lowest BCUT2D eigenvalue weighted by Gasteiger charge is -2.31. The van der Waals surface area contributed by atoms with Gasteiger partial charge in [-0.2, -0.15) is 0 Å². The zero-order chi connectivity index (χ0) is 14.7. The molecular formula is C17H26N2O. The van der Waals surface area contributed by atoms with Crippen LogP contribution < -0.4 is 0 Å². The van der Waals surface area contributed by atoms with E-state index in [1.54, 1.807) is 0 Å². The van der Waals surface area contributed by atoms with Gasteiger partial charge in [-0.25, -0.2) is 0 Å². The first-order chi connectivity index (χ1) is 9.56. The Balaban J connectivity index is 2.28. The Labute approximate surface area is 122 Å². The van der Waals surface area contributed by atoms with Crippen molar-refractivity contribution in [1.29, 1.82) is 0 Å². The van der Waals surface area contributed by atoms with Gasteiger partial charge in [-0.3, -0.25) is 9.69 Å². The average molecular weight is 274 g/mol. The van der Waals surface area contributed by atoms with Crippen molar-refractivity contribution in [2.24, 2.45) is 0 Å². The molecule has 0 unspecified atom stereocenters. The maximum atomic E-state index is 13.0. The molecule has 0 radical (unpaired) electrons. The van der Waals surface area contributed by atoms with Crippen molar-refractivity contribution < 1.29 is 4.79 Å². The van der Waals surface area contributed by atoms with Crippen molar-refractivity contribution in [1.82, 2.24) is 9.80 Å². The second-order valence-corrected chi connectivity index (χ2v) is 5.99. The van der Waals surface area contributed by atoms with Gasteiger partial charge in [0.2, 0.25) is 5.91 Å². The van der Waals surface area contributed by atoms with Crippen LogP contribution in [0.4, 0.5) is 0 Å². The van der Waals surface area contributed by atoms with Gasteiger partial charge in [0.05, 0.1) is 0 Å². The van der Waals surface area contributed by atoms with E-state index >= 15 is 0 Å². The number of nitrogens with zero attached hydrogens (tertiary/aromatic N) is 2. The fraction of sp³-hybridized carbons (Fsp3) is 0.588. The molecule has 110 valence electrons. The van der Waals surface area contributed by atoms with Gasteiger partial charge in [0.1, 0.15) is 6.04 Å². The Bertz CT molecular complexity index is 466. The smallest absolute Gasteiger partial charge is 0.244 e. The maximum absolute atomic E-state index is 13.0. The summed E-state index contributed by atoms with van der Waals surface area (Å²) >= 11 is 0. The molecule has 0 N–H and O–H groups in total. The van der Waals surface area contributed by atoms with E-state index in [1.807, 2.05) is 31.1 Å². The molecule has 0 bridgehead atoms. The summed E-state index contributed by atoms with van der Waals surface area (Å²) in [4.78, 5) is 17.1. The normalized spacial score (nSPS) is 16.2. The van der Waals surface area contributed by atoms with Crippen LogP contribution in [0.1, 0.15) is 43.4 Å². The van der Waals surface area contributed by atoms with E-state index in [0.29, 0.717) is 6.04 Å². The second-order valence-electron chi connectivity index (χ2n) is 5.99. The first-order valence-electron chi connectivity index (χ1n) is 7.58. The third kappa shape index (κ3) is 3.21. The number of hydrogen-bond acceptors (Lipinski definition) is 2. The minimum Gasteiger partial charge on any atom is -0.338 e. The summed E-state index contributed by atoms with van der Waals surface area (Å²) < 4.78 is 0. The third-order valence-corrected chi connectivity index (χ3v) is 3.97. The maximum Gasteiger partial charge on any atom is 0.244 e. The molecule has 1 fully saturated rings. The molecule has 1 saturated carbocycles. The van der Waals surface area contributed by atoms with E-state index < -0.39 is 0 Å². The molecule has 1 aliphatic rings. The van der Waals surface area contributed by atoms with Gasteiger partial charge in [-0.1, -0.05) is 31.2 Å². The van der Waals surface area contributed by atoms with Crippen LogP contribution in [0.3, 0.4) is 0 Å². The van der Waals surface area contributed by atoms with E-state index in [2.05, 4.69) is 30.9 Å². The van der Waals surface area contributed by atoms with Crippen molar-refractivity contribution in [2.45, 2.75) is 45.2 Å². The molecule has 20 heavy (non-hydrogen) atoms. The van der Waals surface area contributed by atoms with Crippen LogP contribution in [-0.4, -0.2) is 42.4 Å². The number of hydrogen-bond donors (Lipinski definition) is 0. The molecule has 1 atom stereocenters. The first kappa shape index (κ1) is 15.0. The molecule has 0 aromatic heterocycles. The van der Waals surface area contributed by atoms with Crippen molar-refractivity contribution in [3.8, 4) is 0 Å². The van der Waals surface area contributed by atoms with Crippen molar-refractivity contribution in [3.05, 3.63) is 35.4 Å². The SMILES string of the molecule is CCCN(C(=O)[C@H](c1ccccc1C)N(C)C)C1CC1. The number of amides is 1. The van der Waals surface area contributed by atoms with Gasteiger partial charge in [0.25, 0.3) is 0 Å². The highest BCUT2D eigenvalue weighted by atomic mass is 16.2. The van der Waals surface area contributed by atoms with Crippen molar-refractivity contribution >= 4 is 5.91 Å². The lowest BCUT2D eigenvalue weighted by atomic mass is 9.99. The van der Waals surface area contributed by atoms with Crippen LogP contribution in [0.5, 0.6) is 0 Å². The van der Waals surface area contributed by atoms with Crippen molar-refractivity contribution in [3.63, 3.8) is 0 Å². The van der Waals surface area contributed by atoms with Gasteiger partial charge < -0.3 is 4.90 Å². The molecule has 1 aromatic carbocycles. The van der Waals surface area contributed by atoms with Gasteiger partial charge in [0, 0.05) is 12.6 Å². The summed E-state index contributed by atoms with van der Waals surface area (Å²) in [5, 5.41) is 0. The molecule has 3 nitrogen and oxygen atoms in total. The number of carbonyl (C=O) groups excluding carboxylic acids is 1. The average Bonchev–Trinajstić information content (AvgIpc) is 3.22. The lowest BCUT2D eigenvalue weighted by Crippen LogP contribution is -2.42. The fourth-order valence-electron chi connectivity index (χ4n) is 2.78. The monoisotopic (exact) mass is 274 g/mol. The molecule has 1 aromatic rings. The Morgan fingerprint density at radius 2 is 1.95 bits per heavy atom. The largest absolute Gasteiger partial charge is 0.338 e. The molecular weight excluding hydrogens is 248 g/mol. The highest BCUT2D eigenvalue weighted by Crippen LogP contribution is 2.32. The van der Waals surface area contributed by atoms with Gasteiger partial charge in [0.15, 0.2) is 0 Å². The number of aryl methyl sites for hydroxylation is 1. The highest BCUT2D eigenvalue weighted by molar-refractivity contribution is 5.84.